The van der Waals surface area contributed by atoms with Crippen molar-refractivity contribution in [3.63, 3.8) is 0 Å². The summed E-state index contributed by atoms with van der Waals surface area (Å²) >= 11 is 5.22. The van der Waals surface area contributed by atoms with Crippen LogP contribution in [0.4, 0.5) is 9.59 Å². The number of fused-ring (bicyclic) bond motifs is 6. The molecule has 88 heavy (non-hydrogen) atoms. The summed E-state index contributed by atoms with van der Waals surface area (Å²) in [6.07, 6.45) is 22.5. The molecule has 0 radical (unpaired) electrons. The van der Waals surface area contributed by atoms with Crippen LogP contribution in [-0.4, -0.2) is 107 Å². The first-order chi connectivity index (χ1) is 42.5. The Morgan fingerprint density at radius 3 is 1.15 bits per heavy atom. The van der Waals surface area contributed by atoms with Gasteiger partial charge in [-0.2, -0.15) is 0 Å². The van der Waals surface area contributed by atoms with Crippen LogP contribution in [0, 0.1) is 0 Å². The molecule has 0 bridgehead atoms. The van der Waals surface area contributed by atoms with Crippen LogP contribution in [0.25, 0.3) is 22.3 Å². The zero-order valence-electron chi connectivity index (χ0n) is 54.3. The number of aliphatic carboxylic acids is 2. The number of hydrogen-bond donors (Lipinski definition) is 6. The van der Waals surface area contributed by atoms with Gasteiger partial charge in [0.2, 0.25) is 11.1 Å². The van der Waals surface area contributed by atoms with Gasteiger partial charge in [-0.05, 0) is 148 Å². The van der Waals surface area contributed by atoms with E-state index in [0.29, 0.717) is 63.7 Å². The highest BCUT2D eigenvalue weighted by Crippen LogP contribution is 2.45. The van der Waals surface area contributed by atoms with Crippen LogP contribution in [0.5, 0.6) is 0 Å². The van der Waals surface area contributed by atoms with E-state index in [0.717, 1.165) is 83.2 Å². The van der Waals surface area contributed by atoms with Crippen LogP contribution in [-0.2, 0) is 28.7 Å². The van der Waals surface area contributed by atoms with Gasteiger partial charge >= 0.3 is 24.1 Å². The second-order valence-corrected chi connectivity index (χ2v) is 24.1. The van der Waals surface area contributed by atoms with Crippen molar-refractivity contribution < 1.29 is 48.5 Å². The van der Waals surface area contributed by atoms with E-state index in [1.54, 1.807) is 0 Å². The third kappa shape index (κ3) is 28.9. The van der Waals surface area contributed by atoms with E-state index < -0.39 is 36.2 Å². The van der Waals surface area contributed by atoms with Crippen molar-refractivity contribution in [2.75, 3.05) is 32.8 Å². The Balaban J connectivity index is 0.000000354. The highest BCUT2D eigenvalue weighted by Gasteiger charge is 2.31. The topological polar surface area (TPSA) is 227 Å². The number of rotatable bonds is 38. The molecule has 0 spiro atoms. The van der Waals surface area contributed by atoms with Gasteiger partial charge < -0.3 is 41.4 Å². The Kier molecular flexibility index (Phi) is 38.9. The fourth-order valence-electron chi connectivity index (χ4n) is 11.5. The van der Waals surface area contributed by atoms with E-state index in [1.165, 1.54) is 77.0 Å². The van der Waals surface area contributed by atoms with Gasteiger partial charge in [-0.25, -0.2) is 19.2 Å². The number of carboxylic acid groups (broad SMARTS) is 2. The Morgan fingerprint density at radius 2 is 0.830 bits per heavy atom. The quantitative estimate of drug-likeness (QED) is 0.0182. The minimum atomic E-state index is -1.10. The Bertz CT molecular complexity index is 2550. The average Bonchev–Trinajstić information content (AvgIpc) is 2.40. The number of hydrogen-bond acceptors (Lipinski definition) is 10. The zero-order chi connectivity index (χ0) is 64.5. The first-order valence-electron chi connectivity index (χ1n) is 33.1. The maximum Gasteiger partial charge on any atom is 0.407 e. The predicted molar refractivity (Wildman–Crippen MR) is 357 cm³/mol. The zero-order valence-corrected chi connectivity index (χ0v) is 55.0. The third-order valence-electron chi connectivity index (χ3n) is 16.2. The summed E-state index contributed by atoms with van der Waals surface area (Å²) in [5.41, 5.74) is 14.4. The Labute approximate surface area is 532 Å². The predicted octanol–water partition coefficient (Wildman–Crippen LogP) is 16.3. The highest BCUT2D eigenvalue weighted by atomic mass is 35.5. The summed E-state index contributed by atoms with van der Waals surface area (Å²) in [5, 5.41) is 26.5. The molecule has 0 aromatic heterocycles. The van der Waals surface area contributed by atoms with Crippen molar-refractivity contribution in [1.82, 2.24) is 20.9 Å². The molecule has 2 atom stereocenters. The number of benzene rings is 4. The molecule has 0 aliphatic heterocycles. The van der Waals surface area contributed by atoms with Crippen molar-refractivity contribution in [1.29, 1.82) is 0 Å². The maximum absolute atomic E-state index is 12.5. The summed E-state index contributed by atoms with van der Waals surface area (Å²) in [6, 6.07) is 31.6. The molecular formula is C72H108ClN5O10. The fourth-order valence-corrected chi connectivity index (χ4v) is 11.6. The van der Waals surface area contributed by atoms with Crippen LogP contribution in [0.2, 0.25) is 0 Å². The van der Waals surface area contributed by atoms with E-state index in [2.05, 4.69) is 93.6 Å². The second kappa shape index (κ2) is 45.0. The molecular weight excluding hydrogens is 1130 g/mol. The standard InChI is InChI=1S/C32H44N2O5.C21H24N2O4.C11H21ClO.C8H19N/c1-2-3-4-5-6-7-8-9-21-30(35)33-22-15-14-20-29(31(36)37)34-32(38)39-23-28-26-18-12-10-16-24(26)25-17-11-13-19-27(25)28;22-12-6-5-11-19(20(24)25)23-21(26)27-13-18-16-9-3-1-7-14(16)15-8-2-4-10-17(15)18;1-2-3-4-5-6-7-8-9-10-11(12)13;1-6-9(7(2)3)8(4)5/h10-13,16-19,28-29H,2-9,14-15,20-23H2,1H3,(H,33,35)(H,34,38)(H,36,37);1-4,7-10,18-19H,5-6,11-13,22H2,(H,23,26)(H,24,25);2-10H2,1H3;7-8H,6H2,1-5H3/t29-;19-;;/m00../s1. The van der Waals surface area contributed by atoms with Crippen molar-refractivity contribution >= 4 is 46.9 Å². The van der Waals surface area contributed by atoms with Crippen LogP contribution in [0.1, 0.15) is 237 Å². The number of halogens is 1. The lowest BCUT2D eigenvalue weighted by molar-refractivity contribution is -0.140. The van der Waals surface area contributed by atoms with Crippen LogP contribution in [0.3, 0.4) is 0 Å². The lowest BCUT2D eigenvalue weighted by atomic mass is 9.98. The molecule has 0 unspecified atom stereocenters. The SMILES string of the molecule is CCCCCCCCCCC(=O)Cl.CCCCCCCCCCC(=O)NCCCC[C@H](NC(=O)OCC1c2ccccc2-c2ccccc21)C(=O)O.CCN(C(C)C)C(C)C.NCCCC[C@H](NC(=O)OCC1c2ccccc2-c2ccccc21)C(=O)O. The number of carbonyl (C=O) groups is 6. The van der Waals surface area contributed by atoms with E-state index in [1.807, 2.05) is 72.8 Å². The van der Waals surface area contributed by atoms with E-state index in [4.69, 9.17) is 26.8 Å². The molecule has 488 valence electrons. The minimum Gasteiger partial charge on any atom is -0.480 e. The number of amides is 3. The lowest BCUT2D eigenvalue weighted by Crippen LogP contribution is -2.41. The number of unbranched alkanes of at least 4 members (excludes halogenated alkanes) is 16. The van der Waals surface area contributed by atoms with Gasteiger partial charge in [0.25, 0.3) is 0 Å². The summed E-state index contributed by atoms with van der Waals surface area (Å²) in [7, 11) is 0. The number of carboxylic acids is 2. The molecule has 7 N–H and O–H groups in total. The molecule has 4 aromatic carbocycles. The Hall–Kier alpha value is -6.29. The number of nitrogens with one attached hydrogen (secondary N) is 3. The van der Waals surface area contributed by atoms with Gasteiger partial charge in [0.05, 0.1) is 0 Å². The smallest absolute Gasteiger partial charge is 0.407 e. The Morgan fingerprint density at radius 1 is 0.489 bits per heavy atom. The number of nitrogens with zero attached hydrogens (tertiary/aromatic N) is 1. The summed E-state index contributed by atoms with van der Waals surface area (Å²) in [4.78, 5) is 72.5. The van der Waals surface area contributed by atoms with Gasteiger partial charge in [-0.15, -0.1) is 0 Å². The highest BCUT2D eigenvalue weighted by molar-refractivity contribution is 6.63. The molecule has 0 heterocycles. The molecule has 0 saturated carbocycles. The van der Waals surface area contributed by atoms with Gasteiger partial charge in [-0.3, -0.25) is 14.5 Å². The molecule has 0 saturated heterocycles. The number of carbonyl (C=O) groups excluding carboxylic acids is 4. The van der Waals surface area contributed by atoms with Crippen molar-refractivity contribution in [3.8, 4) is 22.3 Å². The fraction of sp³-hybridized carbons (Fsp3) is 0.583. The normalized spacial score (nSPS) is 12.6. The molecule has 2 aliphatic rings. The lowest BCUT2D eigenvalue weighted by Gasteiger charge is -2.28. The third-order valence-corrected chi connectivity index (χ3v) is 16.4. The molecule has 16 heteroatoms. The van der Waals surface area contributed by atoms with Crippen molar-refractivity contribution in [3.05, 3.63) is 119 Å². The van der Waals surface area contributed by atoms with Gasteiger partial charge in [0.1, 0.15) is 25.3 Å². The largest absolute Gasteiger partial charge is 0.480 e. The summed E-state index contributed by atoms with van der Waals surface area (Å²) < 4.78 is 10.9. The first kappa shape index (κ1) is 76.0. The molecule has 15 nitrogen and oxygen atoms in total. The summed E-state index contributed by atoms with van der Waals surface area (Å²) in [5.74, 6) is -2.25. The molecule has 2 aliphatic carbocycles. The van der Waals surface area contributed by atoms with Crippen molar-refractivity contribution in [2.45, 2.75) is 239 Å². The summed E-state index contributed by atoms with van der Waals surface area (Å²) in [6.45, 7) is 18.1. The number of ether oxygens (including phenoxy) is 2. The van der Waals surface area contributed by atoms with Crippen LogP contribution < -0.4 is 21.7 Å². The molecule has 3 amide bonds. The molecule has 0 fully saturated rings. The van der Waals surface area contributed by atoms with E-state index in [9.17, 15) is 39.0 Å². The van der Waals surface area contributed by atoms with E-state index >= 15 is 0 Å². The first-order valence-corrected chi connectivity index (χ1v) is 33.5. The monoisotopic (exact) mass is 1240 g/mol. The molecule has 4 aromatic rings. The van der Waals surface area contributed by atoms with Crippen LogP contribution >= 0.6 is 11.6 Å². The maximum atomic E-state index is 12.5. The van der Waals surface area contributed by atoms with Crippen LogP contribution in [0.15, 0.2) is 97.1 Å². The van der Waals surface area contributed by atoms with E-state index in [-0.39, 0.29) is 42.6 Å². The second-order valence-electron chi connectivity index (χ2n) is 23.7. The van der Waals surface area contributed by atoms with Gasteiger partial charge in [-0.1, -0.05) is 208 Å². The average molecular weight is 1240 g/mol. The van der Waals surface area contributed by atoms with Gasteiger partial charge in [0, 0.05) is 43.3 Å². The number of nitrogens with two attached hydrogens (primary N) is 1. The van der Waals surface area contributed by atoms with Crippen molar-refractivity contribution in [2.24, 2.45) is 5.73 Å². The van der Waals surface area contributed by atoms with Gasteiger partial charge in [0.15, 0.2) is 0 Å². The minimum absolute atomic E-state index is 0.0486. The number of alkyl carbamates (subject to hydrolysis) is 2. The molecule has 6 rings (SSSR count).